The summed E-state index contributed by atoms with van der Waals surface area (Å²) in [7, 11) is 0. The van der Waals surface area contributed by atoms with Crippen molar-refractivity contribution in [2.45, 2.75) is 26.9 Å². The molecule has 0 aliphatic rings. The molecule has 0 amide bonds. The molecular formula is C22H21F3N4. The van der Waals surface area contributed by atoms with Gasteiger partial charge in [-0.05, 0) is 44.5 Å². The fourth-order valence-corrected chi connectivity index (χ4v) is 2.76. The van der Waals surface area contributed by atoms with Crippen molar-refractivity contribution in [3.8, 4) is 11.3 Å². The van der Waals surface area contributed by atoms with E-state index >= 15 is 0 Å². The summed E-state index contributed by atoms with van der Waals surface area (Å²) in [5.41, 5.74) is 4.26. The molecule has 0 fully saturated rings. The molecule has 0 spiro atoms. The fraction of sp³-hybridized carbons (Fsp3) is 0.182. The molecule has 0 unspecified atom stereocenters. The van der Waals surface area contributed by atoms with E-state index in [0.717, 1.165) is 34.8 Å². The normalized spacial score (nSPS) is 12.0. The van der Waals surface area contributed by atoms with Gasteiger partial charge in [0.2, 0.25) is 0 Å². The third-order valence-electron chi connectivity index (χ3n) is 4.47. The van der Waals surface area contributed by atoms with Crippen LogP contribution in [0.5, 0.6) is 0 Å². The number of halogens is 3. The van der Waals surface area contributed by atoms with E-state index < -0.39 is 11.7 Å². The molecule has 0 aliphatic carbocycles. The van der Waals surface area contributed by atoms with Crippen molar-refractivity contribution in [1.29, 1.82) is 0 Å². The predicted octanol–water partition coefficient (Wildman–Crippen LogP) is 6.55. The van der Waals surface area contributed by atoms with E-state index in [2.05, 4.69) is 20.6 Å². The van der Waals surface area contributed by atoms with E-state index in [1.807, 2.05) is 45.0 Å². The molecule has 1 aromatic heterocycles. The van der Waals surface area contributed by atoms with Crippen LogP contribution in [0, 0.1) is 6.92 Å². The second-order valence-corrected chi connectivity index (χ2v) is 6.58. The van der Waals surface area contributed by atoms with Crippen LogP contribution in [-0.2, 0) is 6.18 Å². The van der Waals surface area contributed by atoms with Gasteiger partial charge in [0.05, 0.1) is 22.6 Å². The van der Waals surface area contributed by atoms with Gasteiger partial charge in [0.25, 0.3) is 0 Å². The van der Waals surface area contributed by atoms with E-state index in [-0.39, 0.29) is 0 Å². The molecule has 2 aromatic carbocycles. The zero-order valence-corrected chi connectivity index (χ0v) is 16.3. The molecule has 1 heterocycles. The van der Waals surface area contributed by atoms with Gasteiger partial charge in [-0.25, -0.2) is 9.97 Å². The Morgan fingerprint density at radius 2 is 1.76 bits per heavy atom. The zero-order valence-electron chi connectivity index (χ0n) is 16.3. The Labute approximate surface area is 167 Å². The molecule has 0 saturated heterocycles. The number of benzene rings is 2. The Morgan fingerprint density at radius 1 is 1.03 bits per heavy atom. The molecule has 0 atom stereocenters. The SMILES string of the molecule is C/C=C(\C)Nc1c(C)cccc1Nc1cc(-c2ccc(C(F)(F)F)cc2)ncn1. The van der Waals surface area contributed by atoms with Crippen LogP contribution < -0.4 is 10.6 Å². The van der Waals surface area contributed by atoms with Gasteiger partial charge in [-0.15, -0.1) is 0 Å². The number of allylic oxidation sites excluding steroid dienone is 2. The maximum absolute atomic E-state index is 12.8. The van der Waals surface area contributed by atoms with Gasteiger partial charge in [-0.3, -0.25) is 0 Å². The summed E-state index contributed by atoms with van der Waals surface area (Å²) in [6.07, 6.45) is -1.00. The van der Waals surface area contributed by atoms with E-state index in [4.69, 9.17) is 0 Å². The van der Waals surface area contributed by atoms with Gasteiger partial charge < -0.3 is 10.6 Å². The average molecular weight is 398 g/mol. The lowest BCUT2D eigenvalue weighted by Crippen LogP contribution is -2.04. The Kier molecular flexibility index (Phi) is 5.87. The van der Waals surface area contributed by atoms with Crippen LogP contribution in [0.25, 0.3) is 11.3 Å². The molecule has 29 heavy (non-hydrogen) atoms. The first-order chi connectivity index (χ1) is 13.8. The van der Waals surface area contributed by atoms with Crippen molar-refractivity contribution < 1.29 is 13.2 Å². The summed E-state index contributed by atoms with van der Waals surface area (Å²) in [5.74, 6) is 0.543. The largest absolute Gasteiger partial charge is 0.416 e. The summed E-state index contributed by atoms with van der Waals surface area (Å²) < 4.78 is 38.3. The third kappa shape index (κ3) is 4.93. The van der Waals surface area contributed by atoms with Crippen LogP contribution in [0.15, 0.2) is 66.6 Å². The maximum atomic E-state index is 12.8. The van der Waals surface area contributed by atoms with Gasteiger partial charge in [0, 0.05) is 17.3 Å². The molecule has 150 valence electrons. The first kappa shape index (κ1) is 20.4. The number of aromatic nitrogens is 2. The number of anilines is 3. The molecule has 0 saturated carbocycles. The summed E-state index contributed by atoms with van der Waals surface area (Å²) in [5, 5.41) is 6.63. The van der Waals surface area contributed by atoms with Gasteiger partial charge in [-0.1, -0.05) is 30.3 Å². The number of hydrogen-bond acceptors (Lipinski definition) is 4. The second-order valence-electron chi connectivity index (χ2n) is 6.58. The van der Waals surface area contributed by atoms with Crippen LogP contribution in [-0.4, -0.2) is 9.97 Å². The lowest BCUT2D eigenvalue weighted by molar-refractivity contribution is -0.137. The number of nitrogens with zero attached hydrogens (tertiary/aromatic N) is 2. The molecule has 0 bridgehead atoms. The number of aryl methyl sites for hydroxylation is 1. The molecule has 3 aromatic rings. The monoisotopic (exact) mass is 398 g/mol. The van der Waals surface area contributed by atoms with Gasteiger partial charge in [0.15, 0.2) is 0 Å². The standard InChI is InChI=1S/C22H21F3N4/c1-4-15(3)28-21-14(2)6-5-7-18(21)29-20-12-19(26-13-27-20)16-8-10-17(11-9-16)22(23,24)25/h4-13,28H,1-3H3,(H,26,27,29)/b15-4+. The van der Waals surface area contributed by atoms with Crippen molar-refractivity contribution in [2.75, 3.05) is 10.6 Å². The molecule has 2 N–H and O–H groups in total. The third-order valence-corrected chi connectivity index (χ3v) is 4.47. The lowest BCUT2D eigenvalue weighted by Gasteiger charge is -2.16. The Bertz CT molecular complexity index is 1020. The number of hydrogen-bond donors (Lipinski definition) is 2. The Balaban J connectivity index is 1.89. The summed E-state index contributed by atoms with van der Waals surface area (Å²) >= 11 is 0. The highest BCUT2D eigenvalue weighted by molar-refractivity contribution is 5.78. The Hall–Kier alpha value is -3.35. The Morgan fingerprint density at radius 3 is 2.41 bits per heavy atom. The lowest BCUT2D eigenvalue weighted by atomic mass is 10.1. The van der Waals surface area contributed by atoms with Crippen molar-refractivity contribution >= 4 is 17.2 Å². The molecular weight excluding hydrogens is 377 g/mol. The number of alkyl halides is 3. The van der Waals surface area contributed by atoms with Gasteiger partial charge in [-0.2, -0.15) is 13.2 Å². The highest BCUT2D eigenvalue weighted by atomic mass is 19.4. The van der Waals surface area contributed by atoms with E-state index in [0.29, 0.717) is 17.1 Å². The maximum Gasteiger partial charge on any atom is 0.416 e. The first-order valence-corrected chi connectivity index (χ1v) is 9.04. The van der Waals surface area contributed by atoms with Crippen LogP contribution in [0.3, 0.4) is 0 Å². The first-order valence-electron chi connectivity index (χ1n) is 9.04. The fourth-order valence-electron chi connectivity index (χ4n) is 2.76. The van der Waals surface area contributed by atoms with Gasteiger partial charge >= 0.3 is 6.18 Å². The van der Waals surface area contributed by atoms with Crippen molar-refractivity contribution in [3.05, 3.63) is 77.8 Å². The highest BCUT2D eigenvalue weighted by Crippen LogP contribution is 2.32. The molecule has 0 radical (unpaired) electrons. The average Bonchev–Trinajstić information content (AvgIpc) is 2.70. The summed E-state index contributed by atoms with van der Waals surface area (Å²) in [4.78, 5) is 8.43. The minimum Gasteiger partial charge on any atom is -0.358 e. The predicted molar refractivity (Wildman–Crippen MR) is 110 cm³/mol. The van der Waals surface area contributed by atoms with Crippen LogP contribution in [0.2, 0.25) is 0 Å². The number of rotatable bonds is 5. The van der Waals surface area contributed by atoms with E-state index in [1.54, 1.807) is 6.07 Å². The van der Waals surface area contributed by atoms with Crippen LogP contribution in [0.4, 0.5) is 30.4 Å². The number of nitrogens with one attached hydrogen (secondary N) is 2. The zero-order chi connectivity index (χ0) is 21.0. The van der Waals surface area contributed by atoms with E-state index in [1.165, 1.54) is 18.5 Å². The minimum atomic E-state index is -4.36. The minimum absolute atomic E-state index is 0.531. The smallest absolute Gasteiger partial charge is 0.358 e. The van der Waals surface area contributed by atoms with Crippen LogP contribution >= 0.6 is 0 Å². The molecule has 4 nitrogen and oxygen atoms in total. The van der Waals surface area contributed by atoms with Crippen molar-refractivity contribution in [1.82, 2.24) is 9.97 Å². The van der Waals surface area contributed by atoms with Crippen LogP contribution in [0.1, 0.15) is 25.0 Å². The van der Waals surface area contributed by atoms with E-state index in [9.17, 15) is 13.2 Å². The number of para-hydroxylation sites is 1. The van der Waals surface area contributed by atoms with Gasteiger partial charge in [0.1, 0.15) is 12.1 Å². The quantitative estimate of drug-likeness (QED) is 0.512. The molecule has 3 rings (SSSR count). The van der Waals surface area contributed by atoms with Crippen molar-refractivity contribution in [3.63, 3.8) is 0 Å². The highest BCUT2D eigenvalue weighted by Gasteiger charge is 2.30. The summed E-state index contributed by atoms with van der Waals surface area (Å²) in [6, 6.07) is 12.5. The molecule has 0 aliphatic heterocycles. The van der Waals surface area contributed by atoms with Crippen molar-refractivity contribution in [2.24, 2.45) is 0 Å². The molecule has 7 heteroatoms. The summed E-state index contributed by atoms with van der Waals surface area (Å²) in [6.45, 7) is 5.93. The second kappa shape index (κ2) is 8.34. The topological polar surface area (TPSA) is 49.8 Å².